The Morgan fingerprint density at radius 1 is 0.951 bits per heavy atom. The Hall–Kier alpha value is -2.36. The smallest absolute Gasteiger partial charge is 0.164 e. The van der Waals surface area contributed by atoms with Gasteiger partial charge in [-0.25, -0.2) is 4.98 Å². The molecule has 0 spiro atoms. The molecule has 0 aliphatic heterocycles. The maximum atomic E-state index is 12.2. The van der Waals surface area contributed by atoms with Crippen molar-refractivity contribution in [3.63, 3.8) is 0 Å². The van der Waals surface area contributed by atoms with Crippen molar-refractivity contribution in [2.75, 3.05) is 0 Å². The quantitative estimate of drug-likeness (QED) is 0.135. The zero-order valence-corrected chi connectivity index (χ0v) is 28.8. The molecule has 1 aliphatic carbocycles. The molecule has 41 heavy (non-hydrogen) atoms. The summed E-state index contributed by atoms with van der Waals surface area (Å²) in [5.41, 5.74) is 6.31. The molecular weight excluding hydrogens is 685 g/mol. The molecule has 0 unspecified atom stereocenters. The number of hydrogen-bond donors (Lipinski definition) is 1. The van der Waals surface area contributed by atoms with E-state index in [1.165, 1.54) is 42.9 Å². The first-order valence-electron chi connectivity index (χ1n) is 15.2. The summed E-state index contributed by atoms with van der Waals surface area (Å²) in [4.78, 5) is 21.2. The van der Waals surface area contributed by atoms with Crippen molar-refractivity contribution < 1.29 is 30.0 Å². The van der Waals surface area contributed by atoms with Gasteiger partial charge in [-0.3, -0.25) is 9.78 Å². The number of nitrogens with zero attached hydrogens (tertiary/aromatic N) is 2. The summed E-state index contributed by atoms with van der Waals surface area (Å²) >= 11 is 0. The van der Waals surface area contributed by atoms with E-state index in [4.69, 9.17) is 0 Å². The third kappa shape index (κ3) is 8.36. The van der Waals surface area contributed by atoms with Crippen LogP contribution in [0.1, 0.15) is 116 Å². The van der Waals surface area contributed by atoms with E-state index in [0.29, 0.717) is 5.92 Å². The van der Waals surface area contributed by atoms with Crippen LogP contribution in [0, 0.1) is 30.7 Å². The van der Waals surface area contributed by atoms with Gasteiger partial charge in [-0.1, -0.05) is 80.4 Å². The van der Waals surface area contributed by atoms with Crippen LogP contribution in [0.15, 0.2) is 48.5 Å². The Morgan fingerprint density at radius 3 is 2.12 bits per heavy atom. The zero-order valence-electron chi connectivity index (χ0n) is 26.4. The first kappa shape index (κ1) is 34.8. The first-order valence-corrected chi connectivity index (χ1v) is 15.2. The standard InChI is InChI=1S/C21H21N2.C15H28O2.Ir/c1-14-9-15(2)11-18(10-14)21-19-8-7-17(16-5-3-4-6-16)12-20(19)22-13-23-21;1-7-14(5,8-2)12(16)11-13(17)15(6,9-3)10-4;/h7-10,12-13,16H,3-6H2,1-2H3;11,16H,7-10H2,1-6H3;/q-1;;/b;12-11-;. The van der Waals surface area contributed by atoms with E-state index in [-0.39, 0.29) is 42.5 Å². The Bertz CT molecular complexity index is 1310. The molecule has 0 amide bonds. The molecule has 1 aromatic heterocycles. The number of aliphatic hydroxyl groups is 1. The van der Waals surface area contributed by atoms with Crippen molar-refractivity contribution in [1.82, 2.24) is 9.97 Å². The molecule has 1 fully saturated rings. The second-order valence-electron chi connectivity index (χ2n) is 12.2. The van der Waals surface area contributed by atoms with Gasteiger partial charge in [0.25, 0.3) is 0 Å². The van der Waals surface area contributed by atoms with Crippen LogP contribution in [0.2, 0.25) is 0 Å². The van der Waals surface area contributed by atoms with Crippen molar-refractivity contribution in [3.8, 4) is 11.3 Å². The Labute approximate surface area is 261 Å². The van der Waals surface area contributed by atoms with Gasteiger partial charge in [-0.2, -0.15) is 0 Å². The van der Waals surface area contributed by atoms with E-state index in [1.54, 1.807) is 6.33 Å². The van der Waals surface area contributed by atoms with E-state index in [9.17, 15) is 9.90 Å². The molecule has 1 radical (unpaired) electrons. The molecule has 1 heterocycles. The molecule has 3 aromatic rings. The van der Waals surface area contributed by atoms with Gasteiger partial charge in [-0.15, -0.1) is 34.9 Å². The first-order chi connectivity index (χ1) is 19.0. The van der Waals surface area contributed by atoms with E-state index in [0.717, 1.165) is 53.4 Å². The van der Waals surface area contributed by atoms with Crippen LogP contribution >= 0.6 is 0 Å². The Morgan fingerprint density at radius 2 is 1.56 bits per heavy atom. The van der Waals surface area contributed by atoms with Crippen LogP contribution in [0.3, 0.4) is 0 Å². The summed E-state index contributed by atoms with van der Waals surface area (Å²) in [6, 6.07) is 14.5. The van der Waals surface area contributed by atoms with Crippen LogP contribution in [0.4, 0.5) is 0 Å². The SMILES string of the molecule is CCC(C)(CC)C(=O)/C=C(\O)C(C)(CC)CC.Cc1[c-]c(-c2ncnc3cc(C4CCCC4)ccc23)cc(C)c1.[Ir]. The average Bonchev–Trinajstić information content (AvgIpc) is 3.50. The number of ketones is 1. The predicted molar refractivity (Wildman–Crippen MR) is 168 cm³/mol. The Kier molecular flexibility index (Phi) is 12.9. The molecule has 0 saturated heterocycles. The van der Waals surface area contributed by atoms with Gasteiger partial charge >= 0.3 is 0 Å². The number of benzene rings is 2. The molecular formula is C36H49IrN2O2-. The summed E-state index contributed by atoms with van der Waals surface area (Å²) in [6.07, 6.45) is 11.8. The molecule has 1 aliphatic rings. The number of aryl methyl sites for hydroxylation is 2. The summed E-state index contributed by atoms with van der Waals surface area (Å²) in [5.74, 6) is 0.999. The van der Waals surface area contributed by atoms with Gasteiger partial charge in [-0.05, 0) is 67.2 Å². The number of hydrogen-bond acceptors (Lipinski definition) is 4. The van der Waals surface area contributed by atoms with Crippen molar-refractivity contribution in [2.24, 2.45) is 10.8 Å². The number of allylic oxidation sites excluding steroid dienone is 2. The molecule has 2 aromatic carbocycles. The van der Waals surface area contributed by atoms with Crippen LogP contribution in [-0.2, 0) is 24.9 Å². The molecule has 1 N–H and O–H groups in total. The van der Waals surface area contributed by atoms with Gasteiger partial charge in [0, 0.05) is 37.0 Å². The largest absolute Gasteiger partial charge is 0.512 e. The minimum Gasteiger partial charge on any atom is -0.512 e. The second-order valence-corrected chi connectivity index (χ2v) is 12.2. The second kappa shape index (κ2) is 15.2. The van der Waals surface area contributed by atoms with Gasteiger partial charge in [0.05, 0.1) is 5.52 Å². The fraction of sp³-hybridized carbons (Fsp3) is 0.528. The fourth-order valence-electron chi connectivity index (χ4n) is 5.51. The third-order valence-corrected chi connectivity index (χ3v) is 9.49. The number of carbonyl (C=O) groups excluding carboxylic acids is 1. The van der Waals surface area contributed by atoms with Crippen LogP contribution in [0.25, 0.3) is 22.2 Å². The van der Waals surface area contributed by atoms with Crippen molar-refractivity contribution in [1.29, 1.82) is 0 Å². The molecule has 1 saturated carbocycles. The van der Waals surface area contributed by atoms with Crippen LogP contribution in [0.5, 0.6) is 0 Å². The number of carbonyl (C=O) groups is 1. The van der Waals surface area contributed by atoms with Crippen molar-refractivity contribution in [2.45, 2.75) is 113 Å². The summed E-state index contributed by atoms with van der Waals surface area (Å²) in [6.45, 7) is 16.3. The van der Waals surface area contributed by atoms with Gasteiger partial charge in [0.15, 0.2) is 5.78 Å². The van der Waals surface area contributed by atoms with Crippen LogP contribution in [-0.4, -0.2) is 20.9 Å². The molecule has 0 bridgehead atoms. The monoisotopic (exact) mass is 734 g/mol. The maximum Gasteiger partial charge on any atom is 0.164 e. The number of rotatable bonds is 9. The molecule has 4 nitrogen and oxygen atoms in total. The Balaban J connectivity index is 0.000000296. The maximum absolute atomic E-state index is 12.2. The summed E-state index contributed by atoms with van der Waals surface area (Å²) < 4.78 is 0. The van der Waals surface area contributed by atoms with E-state index >= 15 is 0 Å². The number of aromatic nitrogens is 2. The number of fused-ring (bicyclic) bond motifs is 1. The summed E-state index contributed by atoms with van der Waals surface area (Å²) in [5, 5.41) is 11.3. The van der Waals surface area contributed by atoms with E-state index in [1.807, 2.05) is 41.5 Å². The average molecular weight is 734 g/mol. The number of aliphatic hydroxyl groups excluding tert-OH is 1. The normalized spacial score (nSPS) is 14.4. The topological polar surface area (TPSA) is 63.1 Å². The van der Waals surface area contributed by atoms with Crippen LogP contribution < -0.4 is 0 Å². The van der Waals surface area contributed by atoms with Crippen molar-refractivity contribution >= 4 is 16.7 Å². The summed E-state index contributed by atoms with van der Waals surface area (Å²) in [7, 11) is 0. The third-order valence-electron chi connectivity index (χ3n) is 9.49. The van der Waals surface area contributed by atoms with Crippen molar-refractivity contribution in [3.05, 3.63) is 71.3 Å². The van der Waals surface area contributed by atoms with E-state index in [2.05, 4.69) is 60.2 Å². The molecule has 0 atom stereocenters. The minimum absolute atomic E-state index is 0. The minimum atomic E-state index is -0.337. The molecule has 4 rings (SSSR count). The molecule has 225 valence electrons. The zero-order chi connectivity index (χ0) is 29.5. The molecule has 5 heteroatoms. The van der Waals surface area contributed by atoms with E-state index < -0.39 is 0 Å². The van der Waals surface area contributed by atoms with Gasteiger partial charge in [0.1, 0.15) is 12.1 Å². The fourth-order valence-corrected chi connectivity index (χ4v) is 5.51. The van der Waals surface area contributed by atoms with Gasteiger partial charge in [0.2, 0.25) is 0 Å². The van der Waals surface area contributed by atoms with Gasteiger partial charge < -0.3 is 5.11 Å². The predicted octanol–water partition coefficient (Wildman–Crippen LogP) is 10.0.